The molecule has 0 bridgehead atoms. The van der Waals surface area contributed by atoms with Crippen LogP contribution in [0.2, 0.25) is 0 Å². The first-order chi connectivity index (χ1) is 7.84. The van der Waals surface area contributed by atoms with Gasteiger partial charge >= 0.3 is 0 Å². The van der Waals surface area contributed by atoms with Gasteiger partial charge in [-0.2, -0.15) is 0 Å². The zero-order chi connectivity index (χ0) is 11.0. The van der Waals surface area contributed by atoms with Crippen molar-refractivity contribution in [1.29, 1.82) is 0 Å². The largest absolute Gasteiger partial charge is 0.348 e. The average Bonchev–Trinajstić information content (AvgIpc) is 2.87. The molecule has 3 rings (SSSR count). The monoisotopic (exact) mass is 235 g/mol. The maximum atomic E-state index is 12.0. The molecule has 0 radical (unpaired) electrons. The molecule has 1 aromatic heterocycles. The molecule has 0 spiro atoms. The van der Waals surface area contributed by atoms with E-state index < -0.39 is 0 Å². The van der Waals surface area contributed by atoms with Gasteiger partial charge in [0.15, 0.2) is 0 Å². The summed E-state index contributed by atoms with van der Waals surface area (Å²) in [4.78, 5) is 13.3. The Labute approximate surface area is 100 Å². The average molecular weight is 235 g/mol. The Hall–Kier alpha value is -0.830. The summed E-state index contributed by atoms with van der Waals surface area (Å²) in [6.45, 7) is 0. The fourth-order valence-corrected chi connectivity index (χ4v) is 3.13. The third-order valence-electron chi connectivity index (χ3n) is 3.72. The number of hydrogen-bond donors (Lipinski definition) is 1. The fraction of sp³-hybridized carbons (Fsp3) is 0.615. The highest BCUT2D eigenvalue weighted by molar-refractivity contribution is 7.10. The topological polar surface area (TPSA) is 29.1 Å². The van der Waals surface area contributed by atoms with Crippen LogP contribution in [0.15, 0.2) is 17.5 Å². The lowest BCUT2D eigenvalue weighted by Gasteiger charge is -2.27. The lowest BCUT2D eigenvalue weighted by atomic mass is 9.84. The molecule has 0 aromatic carbocycles. The van der Waals surface area contributed by atoms with E-state index in [2.05, 4.69) is 22.8 Å². The molecule has 1 aromatic rings. The predicted molar refractivity (Wildman–Crippen MR) is 65.3 cm³/mol. The van der Waals surface area contributed by atoms with Crippen LogP contribution in [0.1, 0.15) is 43.0 Å². The molecule has 2 fully saturated rings. The Bertz CT molecular complexity index is 365. The van der Waals surface area contributed by atoms with Gasteiger partial charge in [0.05, 0.1) is 6.04 Å². The number of carbonyl (C=O) groups excluding carboxylic acids is 1. The van der Waals surface area contributed by atoms with Crippen LogP contribution in [-0.4, -0.2) is 5.91 Å². The molecule has 1 atom stereocenters. The molecule has 2 nitrogen and oxygen atoms in total. The van der Waals surface area contributed by atoms with E-state index in [-0.39, 0.29) is 5.91 Å². The Kier molecular flexibility index (Phi) is 2.72. The Balaban J connectivity index is 1.67. The lowest BCUT2D eigenvalue weighted by molar-refractivity contribution is -0.128. The summed E-state index contributed by atoms with van der Waals surface area (Å²) < 4.78 is 0. The van der Waals surface area contributed by atoms with Gasteiger partial charge in [-0.15, -0.1) is 11.3 Å². The number of nitrogens with one attached hydrogen (secondary N) is 1. The molecule has 86 valence electrons. The molecule has 1 amide bonds. The summed E-state index contributed by atoms with van der Waals surface area (Å²) in [6.07, 6.45) is 5.95. The SMILES string of the molecule is O=C(N[C@H](c1cccs1)C1CC1)C1CCC1. The summed E-state index contributed by atoms with van der Waals surface area (Å²) >= 11 is 1.76. The van der Waals surface area contributed by atoms with Crippen molar-refractivity contribution in [3.05, 3.63) is 22.4 Å². The van der Waals surface area contributed by atoms with E-state index in [9.17, 15) is 4.79 Å². The van der Waals surface area contributed by atoms with Crippen LogP contribution in [0, 0.1) is 11.8 Å². The Morgan fingerprint density at radius 3 is 2.69 bits per heavy atom. The van der Waals surface area contributed by atoms with Crippen LogP contribution in [0.3, 0.4) is 0 Å². The summed E-state index contributed by atoms with van der Waals surface area (Å²) in [5, 5.41) is 5.35. The van der Waals surface area contributed by atoms with Crippen LogP contribution in [0.4, 0.5) is 0 Å². The third kappa shape index (κ3) is 2.01. The van der Waals surface area contributed by atoms with Gasteiger partial charge in [-0.25, -0.2) is 0 Å². The molecular formula is C13H17NOS. The summed E-state index contributed by atoms with van der Waals surface area (Å²) in [5.41, 5.74) is 0. The number of rotatable bonds is 4. The number of carbonyl (C=O) groups is 1. The second-order valence-electron chi connectivity index (χ2n) is 4.97. The molecule has 2 saturated carbocycles. The molecule has 2 aliphatic rings. The molecule has 0 unspecified atom stereocenters. The minimum Gasteiger partial charge on any atom is -0.348 e. The van der Waals surface area contributed by atoms with Crippen molar-refractivity contribution >= 4 is 17.2 Å². The number of hydrogen-bond acceptors (Lipinski definition) is 2. The normalized spacial score (nSPS) is 22.5. The van der Waals surface area contributed by atoms with E-state index in [0.717, 1.165) is 12.8 Å². The van der Waals surface area contributed by atoms with Crippen molar-refractivity contribution in [3.63, 3.8) is 0 Å². The van der Waals surface area contributed by atoms with E-state index in [0.29, 0.717) is 17.9 Å². The van der Waals surface area contributed by atoms with E-state index in [1.54, 1.807) is 11.3 Å². The van der Waals surface area contributed by atoms with Gasteiger partial charge in [0.1, 0.15) is 0 Å². The zero-order valence-electron chi connectivity index (χ0n) is 9.32. The van der Waals surface area contributed by atoms with Crippen LogP contribution < -0.4 is 5.32 Å². The van der Waals surface area contributed by atoms with E-state index in [1.807, 2.05) is 0 Å². The highest BCUT2D eigenvalue weighted by atomic mass is 32.1. The molecule has 1 N–H and O–H groups in total. The van der Waals surface area contributed by atoms with Crippen molar-refractivity contribution in [2.45, 2.75) is 38.1 Å². The van der Waals surface area contributed by atoms with E-state index in [1.165, 1.54) is 24.1 Å². The zero-order valence-corrected chi connectivity index (χ0v) is 10.1. The van der Waals surface area contributed by atoms with Crippen molar-refractivity contribution in [3.8, 4) is 0 Å². The lowest BCUT2D eigenvalue weighted by Crippen LogP contribution is -2.37. The molecule has 1 heterocycles. The summed E-state index contributed by atoms with van der Waals surface area (Å²) in [5.74, 6) is 1.29. The van der Waals surface area contributed by atoms with Crippen LogP contribution in [0.25, 0.3) is 0 Å². The van der Waals surface area contributed by atoms with Crippen molar-refractivity contribution in [1.82, 2.24) is 5.32 Å². The van der Waals surface area contributed by atoms with Gasteiger partial charge < -0.3 is 5.32 Å². The number of amides is 1. The first-order valence-electron chi connectivity index (χ1n) is 6.18. The second kappa shape index (κ2) is 4.21. The van der Waals surface area contributed by atoms with Crippen LogP contribution >= 0.6 is 11.3 Å². The maximum Gasteiger partial charge on any atom is 0.223 e. The first kappa shape index (κ1) is 10.3. The standard InChI is InChI=1S/C13H17NOS/c15-13(10-3-1-4-10)14-12(9-6-7-9)11-5-2-8-16-11/h2,5,8-10,12H,1,3-4,6-7H2,(H,14,15)/t12-/m0/s1. The molecule has 0 aliphatic heterocycles. The van der Waals surface area contributed by atoms with Crippen LogP contribution in [0.5, 0.6) is 0 Å². The predicted octanol–water partition coefficient (Wildman–Crippen LogP) is 3.12. The Morgan fingerprint density at radius 1 is 1.38 bits per heavy atom. The highest BCUT2D eigenvalue weighted by Gasteiger charge is 2.36. The first-order valence-corrected chi connectivity index (χ1v) is 7.06. The van der Waals surface area contributed by atoms with Gasteiger partial charge in [0.2, 0.25) is 5.91 Å². The smallest absolute Gasteiger partial charge is 0.223 e. The van der Waals surface area contributed by atoms with Crippen LogP contribution in [-0.2, 0) is 4.79 Å². The Morgan fingerprint density at radius 2 is 2.19 bits per heavy atom. The van der Waals surface area contributed by atoms with Gasteiger partial charge in [-0.05, 0) is 43.0 Å². The second-order valence-corrected chi connectivity index (χ2v) is 5.95. The summed E-state index contributed by atoms with van der Waals surface area (Å²) in [6, 6.07) is 4.52. The molecule has 0 saturated heterocycles. The number of thiophene rings is 1. The highest BCUT2D eigenvalue weighted by Crippen LogP contribution is 2.42. The molecule has 16 heavy (non-hydrogen) atoms. The molecule has 3 heteroatoms. The molecular weight excluding hydrogens is 218 g/mol. The summed E-state index contributed by atoms with van der Waals surface area (Å²) in [7, 11) is 0. The van der Waals surface area contributed by atoms with Gasteiger partial charge in [0, 0.05) is 10.8 Å². The fourth-order valence-electron chi connectivity index (χ4n) is 2.26. The van der Waals surface area contributed by atoms with Gasteiger partial charge in [0.25, 0.3) is 0 Å². The maximum absolute atomic E-state index is 12.0. The minimum atomic E-state index is 0.288. The van der Waals surface area contributed by atoms with Gasteiger partial charge in [-0.1, -0.05) is 12.5 Å². The quantitative estimate of drug-likeness (QED) is 0.853. The van der Waals surface area contributed by atoms with E-state index >= 15 is 0 Å². The van der Waals surface area contributed by atoms with Crippen molar-refractivity contribution < 1.29 is 4.79 Å². The van der Waals surface area contributed by atoms with Crippen molar-refractivity contribution in [2.24, 2.45) is 11.8 Å². The molecule has 2 aliphatic carbocycles. The van der Waals surface area contributed by atoms with Gasteiger partial charge in [-0.3, -0.25) is 4.79 Å². The van der Waals surface area contributed by atoms with E-state index in [4.69, 9.17) is 0 Å². The van der Waals surface area contributed by atoms with Crippen molar-refractivity contribution in [2.75, 3.05) is 0 Å². The minimum absolute atomic E-state index is 0.288. The third-order valence-corrected chi connectivity index (χ3v) is 4.67.